The zero-order chi connectivity index (χ0) is 15.1. The molecule has 2 aliphatic rings. The summed E-state index contributed by atoms with van der Waals surface area (Å²) in [6.07, 6.45) is 8.22. The Hall–Kier alpha value is -2.08. The van der Waals surface area contributed by atoms with Crippen molar-refractivity contribution in [2.75, 3.05) is 0 Å². The number of allylic oxidation sites excluding steroid dienone is 3. The van der Waals surface area contributed by atoms with Crippen LogP contribution in [0.15, 0.2) is 49.1 Å². The molecule has 0 saturated carbocycles. The van der Waals surface area contributed by atoms with Gasteiger partial charge in [-0.2, -0.15) is 0 Å². The van der Waals surface area contributed by atoms with Crippen LogP contribution in [0.5, 0.6) is 0 Å². The first kappa shape index (κ1) is 13.6. The number of fused-ring (bicyclic) bond motifs is 2. The summed E-state index contributed by atoms with van der Waals surface area (Å²) in [4.78, 5) is 0. The molecule has 2 aromatic carbocycles. The fourth-order valence-electron chi connectivity index (χ4n) is 3.83. The smallest absolute Gasteiger partial charge is 0.00134 e. The molecule has 0 fully saturated rings. The van der Waals surface area contributed by atoms with Crippen LogP contribution in [0.25, 0.3) is 11.1 Å². The van der Waals surface area contributed by atoms with Gasteiger partial charge in [0.1, 0.15) is 0 Å². The van der Waals surface area contributed by atoms with E-state index in [1.54, 1.807) is 11.1 Å². The van der Waals surface area contributed by atoms with Gasteiger partial charge in [-0.25, -0.2) is 0 Å². The highest BCUT2D eigenvalue weighted by Gasteiger charge is 2.17. The van der Waals surface area contributed by atoms with Gasteiger partial charge in [-0.3, -0.25) is 0 Å². The monoisotopic (exact) mass is 286 g/mol. The van der Waals surface area contributed by atoms with E-state index in [1.165, 1.54) is 47.1 Å². The number of rotatable bonds is 2. The lowest BCUT2D eigenvalue weighted by Crippen LogP contribution is -2.03. The molecule has 0 heterocycles. The topological polar surface area (TPSA) is 0 Å². The average Bonchev–Trinajstić information content (AvgIpc) is 3.01. The van der Waals surface area contributed by atoms with Crippen molar-refractivity contribution in [3.63, 3.8) is 0 Å². The quantitative estimate of drug-likeness (QED) is 0.694. The molecule has 2 aliphatic carbocycles. The molecule has 0 bridgehead atoms. The Kier molecular flexibility index (Phi) is 3.26. The largest absolute Gasteiger partial charge is 0.0911 e. The first-order valence-corrected chi connectivity index (χ1v) is 8.38. The highest BCUT2D eigenvalue weighted by atomic mass is 14.2. The molecular formula is C22H22. The van der Waals surface area contributed by atoms with Gasteiger partial charge in [0.15, 0.2) is 0 Å². The highest BCUT2D eigenvalue weighted by molar-refractivity contribution is 5.89. The third-order valence-corrected chi connectivity index (χ3v) is 5.12. The Morgan fingerprint density at radius 3 is 2.68 bits per heavy atom. The molecule has 0 N–H and O–H groups in total. The second-order valence-electron chi connectivity index (χ2n) is 6.55. The van der Waals surface area contributed by atoms with E-state index in [-0.39, 0.29) is 0 Å². The van der Waals surface area contributed by atoms with E-state index < -0.39 is 0 Å². The molecule has 0 aliphatic heterocycles. The van der Waals surface area contributed by atoms with Gasteiger partial charge in [-0.15, -0.1) is 0 Å². The van der Waals surface area contributed by atoms with Crippen LogP contribution in [0.2, 0.25) is 0 Å². The molecule has 22 heavy (non-hydrogen) atoms. The van der Waals surface area contributed by atoms with Gasteiger partial charge in [-0.05, 0) is 76.6 Å². The fraction of sp³-hybridized carbons (Fsp3) is 0.273. The predicted molar refractivity (Wildman–Crippen MR) is 95.0 cm³/mol. The minimum absolute atomic E-state index is 1.03. The Morgan fingerprint density at radius 2 is 1.82 bits per heavy atom. The van der Waals surface area contributed by atoms with Crippen LogP contribution >= 0.6 is 0 Å². The zero-order valence-corrected chi connectivity index (χ0v) is 13.3. The summed E-state index contributed by atoms with van der Waals surface area (Å²) in [7, 11) is 0. The van der Waals surface area contributed by atoms with Gasteiger partial charge in [0, 0.05) is 0 Å². The van der Waals surface area contributed by atoms with Crippen molar-refractivity contribution in [3.8, 4) is 0 Å². The Bertz CT molecular complexity index is 790. The van der Waals surface area contributed by atoms with Gasteiger partial charge in [-0.1, -0.05) is 56.0 Å². The number of aryl methyl sites for hydroxylation is 3. The number of hydrogen-bond acceptors (Lipinski definition) is 0. The SMILES string of the molecule is C=C1C=C(c2ccc3c(c2)CCC3)Cc2cc(CC)ccc21. The Labute approximate surface area is 133 Å². The van der Waals surface area contributed by atoms with Gasteiger partial charge in [0.05, 0.1) is 0 Å². The lowest BCUT2D eigenvalue weighted by molar-refractivity contribution is 0.911. The minimum Gasteiger partial charge on any atom is -0.0911 e. The van der Waals surface area contributed by atoms with E-state index in [1.807, 2.05) is 0 Å². The zero-order valence-electron chi connectivity index (χ0n) is 13.3. The van der Waals surface area contributed by atoms with E-state index in [0.29, 0.717) is 0 Å². The summed E-state index contributed by atoms with van der Waals surface area (Å²) < 4.78 is 0. The summed E-state index contributed by atoms with van der Waals surface area (Å²) in [5, 5.41) is 0. The fourth-order valence-corrected chi connectivity index (χ4v) is 3.83. The van der Waals surface area contributed by atoms with Crippen LogP contribution in [-0.4, -0.2) is 0 Å². The van der Waals surface area contributed by atoms with Crippen molar-refractivity contribution in [1.82, 2.24) is 0 Å². The summed E-state index contributed by atoms with van der Waals surface area (Å²) in [5.41, 5.74) is 11.2. The molecule has 0 atom stereocenters. The number of benzene rings is 2. The average molecular weight is 286 g/mol. The van der Waals surface area contributed by atoms with Crippen LogP contribution < -0.4 is 0 Å². The molecule has 2 aromatic rings. The van der Waals surface area contributed by atoms with Gasteiger partial charge in [0.25, 0.3) is 0 Å². The molecule has 0 saturated heterocycles. The van der Waals surface area contributed by atoms with Crippen LogP contribution in [0.4, 0.5) is 0 Å². The highest BCUT2D eigenvalue weighted by Crippen LogP contribution is 2.35. The number of hydrogen-bond donors (Lipinski definition) is 0. The standard InChI is InChI=1S/C22H22/c1-3-16-7-10-22-15(2)11-20(14-21(22)12-16)19-9-8-17-5-4-6-18(17)13-19/h7-13H,2-6,14H2,1H3. The first-order valence-electron chi connectivity index (χ1n) is 8.38. The van der Waals surface area contributed by atoms with Crippen molar-refractivity contribution in [1.29, 1.82) is 0 Å². The van der Waals surface area contributed by atoms with Crippen LogP contribution in [0.3, 0.4) is 0 Å². The molecule has 0 amide bonds. The first-order chi connectivity index (χ1) is 10.7. The molecule has 4 rings (SSSR count). The maximum atomic E-state index is 4.28. The van der Waals surface area contributed by atoms with Crippen molar-refractivity contribution in [2.24, 2.45) is 0 Å². The van der Waals surface area contributed by atoms with Crippen molar-refractivity contribution in [3.05, 3.63) is 82.4 Å². The molecule has 110 valence electrons. The molecule has 0 radical (unpaired) electrons. The predicted octanol–water partition coefficient (Wildman–Crippen LogP) is 5.39. The molecular weight excluding hydrogens is 264 g/mol. The van der Waals surface area contributed by atoms with E-state index in [4.69, 9.17) is 0 Å². The lowest BCUT2D eigenvalue weighted by atomic mass is 9.84. The van der Waals surface area contributed by atoms with Gasteiger partial charge >= 0.3 is 0 Å². The van der Waals surface area contributed by atoms with Gasteiger partial charge < -0.3 is 0 Å². The second kappa shape index (κ2) is 5.28. The summed E-state index contributed by atoms with van der Waals surface area (Å²) in [6.45, 7) is 6.50. The minimum atomic E-state index is 1.03. The molecule has 0 heteroatoms. The van der Waals surface area contributed by atoms with Crippen molar-refractivity contribution < 1.29 is 0 Å². The summed E-state index contributed by atoms with van der Waals surface area (Å²) in [6, 6.07) is 13.9. The van der Waals surface area contributed by atoms with Crippen LogP contribution in [-0.2, 0) is 25.7 Å². The second-order valence-corrected chi connectivity index (χ2v) is 6.55. The Balaban J connectivity index is 1.73. The maximum absolute atomic E-state index is 4.28. The molecule has 0 nitrogen and oxygen atoms in total. The third kappa shape index (κ3) is 2.23. The third-order valence-electron chi connectivity index (χ3n) is 5.12. The van der Waals surface area contributed by atoms with Gasteiger partial charge in [0.2, 0.25) is 0 Å². The lowest BCUT2D eigenvalue weighted by Gasteiger charge is -2.20. The van der Waals surface area contributed by atoms with E-state index in [9.17, 15) is 0 Å². The van der Waals surface area contributed by atoms with E-state index in [2.05, 4.69) is 56.0 Å². The summed E-state index contributed by atoms with van der Waals surface area (Å²) >= 11 is 0. The van der Waals surface area contributed by atoms with Crippen LogP contribution in [0, 0.1) is 0 Å². The molecule has 0 unspecified atom stereocenters. The van der Waals surface area contributed by atoms with E-state index in [0.717, 1.165) is 18.4 Å². The molecule has 0 spiro atoms. The van der Waals surface area contributed by atoms with E-state index >= 15 is 0 Å². The maximum Gasteiger partial charge on any atom is -0.00134 e. The Morgan fingerprint density at radius 1 is 0.955 bits per heavy atom. The van der Waals surface area contributed by atoms with Crippen molar-refractivity contribution in [2.45, 2.75) is 39.0 Å². The normalized spacial score (nSPS) is 16.2. The summed E-state index contributed by atoms with van der Waals surface area (Å²) in [5.74, 6) is 0. The van der Waals surface area contributed by atoms with Crippen LogP contribution in [0.1, 0.15) is 46.7 Å². The molecule has 0 aromatic heterocycles. The van der Waals surface area contributed by atoms with Crippen molar-refractivity contribution >= 4 is 11.1 Å².